The fourth-order valence-electron chi connectivity index (χ4n) is 1.14. The van der Waals surface area contributed by atoms with Gasteiger partial charge >= 0.3 is 0 Å². The Bertz CT molecular complexity index is 493. The molecule has 118 valence electrons. The molecule has 2 N–H and O–H groups in total. The molecule has 0 radical (unpaired) electrons. The average molecular weight is 304 g/mol. The molecule has 6 nitrogen and oxygen atoms in total. The van der Waals surface area contributed by atoms with Gasteiger partial charge in [-0.2, -0.15) is 0 Å². The van der Waals surface area contributed by atoms with Gasteiger partial charge in [0.15, 0.2) is 24.8 Å². The Hall–Kier alpha value is -2.76. The van der Waals surface area contributed by atoms with Gasteiger partial charge in [0.1, 0.15) is 0 Å². The molecule has 0 aliphatic heterocycles. The van der Waals surface area contributed by atoms with Crippen LogP contribution in [0.3, 0.4) is 0 Å². The lowest BCUT2D eigenvalue weighted by Crippen LogP contribution is -2.27. The molecule has 6 heteroatoms. The van der Waals surface area contributed by atoms with Gasteiger partial charge in [0.2, 0.25) is 0 Å². The minimum atomic E-state index is -1.37. The number of rotatable bonds is 3. The van der Waals surface area contributed by atoms with Gasteiger partial charge in [-0.1, -0.05) is 0 Å². The number of aryl methyl sites for hydroxylation is 2. The van der Waals surface area contributed by atoms with Gasteiger partial charge < -0.3 is 19.8 Å². The van der Waals surface area contributed by atoms with E-state index in [0.717, 1.165) is 0 Å². The third-order valence-electron chi connectivity index (χ3n) is 2.30. The highest BCUT2D eigenvalue weighted by atomic mass is 16.4. The van der Waals surface area contributed by atoms with Crippen LogP contribution in [0.1, 0.15) is 24.0 Å². The lowest BCUT2D eigenvalue weighted by Gasteiger charge is -2.00. The van der Waals surface area contributed by atoms with E-state index in [2.05, 4.69) is 23.8 Å². The Balaban J connectivity index is 0.000000301. The first-order valence-electron chi connectivity index (χ1n) is 6.67. The summed E-state index contributed by atoms with van der Waals surface area (Å²) in [5.41, 5.74) is 2.58. The molecule has 22 heavy (non-hydrogen) atoms. The second kappa shape index (κ2) is 12.0. The number of carbonyl (C=O) groups is 2. The molecule has 2 rings (SSSR count). The number of aromatic nitrogens is 2. The molecule has 0 bridgehead atoms. The number of nitrogens with one attached hydrogen (secondary N) is 2. The first-order valence-corrected chi connectivity index (χ1v) is 6.67. The summed E-state index contributed by atoms with van der Waals surface area (Å²) in [6.45, 7) is 4.13. The fourth-order valence-corrected chi connectivity index (χ4v) is 1.14. The number of carboxylic acids is 2. The normalized spacial score (nSPS) is 8.64. The van der Waals surface area contributed by atoms with Crippen molar-refractivity contribution in [1.82, 2.24) is 0 Å². The van der Waals surface area contributed by atoms with E-state index < -0.39 is 24.8 Å². The van der Waals surface area contributed by atoms with E-state index in [-0.39, 0.29) is 0 Å². The molecule has 0 atom stereocenters. The summed E-state index contributed by atoms with van der Waals surface area (Å²) in [4.78, 5) is 24.9. The molecule has 2 aromatic rings. The molecule has 0 aliphatic rings. The molecule has 2 heterocycles. The summed E-state index contributed by atoms with van der Waals surface area (Å²) < 4.78 is 0. The Morgan fingerprint density at radius 3 is 1.18 bits per heavy atom. The third kappa shape index (κ3) is 13.7. The summed E-state index contributed by atoms with van der Waals surface area (Å²) in [6.07, 6.45) is 6.71. The minimum Gasteiger partial charge on any atom is -0.550 e. The largest absolute Gasteiger partial charge is 0.550 e. The van der Waals surface area contributed by atoms with Gasteiger partial charge in [-0.25, -0.2) is 9.97 Å². The molecule has 2 aromatic heterocycles. The van der Waals surface area contributed by atoms with Gasteiger partial charge in [0.05, 0.1) is 0 Å². The fraction of sp³-hybridized carbons (Fsp3) is 0.250. The highest BCUT2D eigenvalue weighted by Gasteiger charge is 1.85. The number of H-pyrrole nitrogens is 2. The van der Waals surface area contributed by atoms with E-state index in [0.29, 0.717) is 0 Å². The van der Waals surface area contributed by atoms with Crippen LogP contribution in [0.15, 0.2) is 49.1 Å². The van der Waals surface area contributed by atoms with Crippen molar-refractivity contribution in [2.45, 2.75) is 26.7 Å². The predicted molar refractivity (Wildman–Crippen MR) is 74.7 cm³/mol. The van der Waals surface area contributed by atoms with E-state index in [1.54, 1.807) is 0 Å². The van der Waals surface area contributed by atoms with Crippen molar-refractivity contribution in [3.63, 3.8) is 0 Å². The van der Waals surface area contributed by atoms with E-state index in [1.165, 1.54) is 11.1 Å². The first-order chi connectivity index (χ1) is 10.4. The topological polar surface area (TPSA) is 109 Å². The molecular formula is C16H20N2O4. The van der Waals surface area contributed by atoms with E-state index in [1.807, 2.05) is 49.1 Å². The SMILES string of the molecule is Cc1cc[nH+]cc1.Cc1cc[nH+]cc1.O=C([O-])CCC(=O)[O-]. The van der Waals surface area contributed by atoms with Crippen molar-refractivity contribution in [2.24, 2.45) is 0 Å². The summed E-state index contributed by atoms with van der Waals surface area (Å²) in [7, 11) is 0. The maximum absolute atomic E-state index is 9.50. The van der Waals surface area contributed by atoms with Crippen molar-refractivity contribution >= 4 is 11.9 Å². The lowest BCUT2D eigenvalue weighted by atomic mass is 10.3. The molecule has 0 saturated heterocycles. The van der Waals surface area contributed by atoms with Crippen molar-refractivity contribution in [3.8, 4) is 0 Å². The Kier molecular flexibility index (Phi) is 10.5. The number of aromatic amines is 2. The summed E-state index contributed by atoms with van der Waals surface area (Å²) >= 11 is 0. The summed E-state index contributed by atoms with van der Waals surface area (Å²) in [5.74, 6) is -2.73. The number of aliphatic carboxylic acids is 2. The van der Waals surface area contributed by atoms with Crippen LogP contribution in [-0.2, 0) is 9.59 Å². The molecule has 0 aromatic carbocycles. The Morgan fingerprint density at radius 2 is 1.05 bits per heavy atom. The Morgan fingerprint density at radius 1 is 0.773 bits per heavy atom. The first kappa shape index (κ1) is 19.2. The predicted octanol–water partition coefficient (Wildman–Crippen LogP) is -1.12. The van der Waals surface area contributed by atoms with Crippen molar-refractivity contribution < 1.29 is 29.8 Å². The van der Waals surface area contributed by atoms with Crippen LogP contribution < -0.4 is 20.2 Å². The van der Waals surface area contributed by atoms with Crippen LogP contribution in [0.4, 0.5) is 0 Å². The summed E-state index contributed by atoms with van der Waals surface area (Å²) in [5, 5.41) is 19.0. The highest BCUT2D eigenvalue weighted by molar-refractivity contribution is 5.72. The number of hydrogen-bond acceptors (Lipinski definition) is 4. The van der Waals surface area contributed by atoms with Crippen LogP contribution in [0.2, 0.25) is 0 Å². The highest BCUT2D eigenvalue weighted by Crippen LogP contribution is 1.86. The molecular weight excluding hydrogens is 284 g/mol. The number of carbonyl (C=O) groups excluding carboxylic acids is 2. The molecule has 0 amide bonds. The second-order valence-corrected chi connectivity index (χ2v) is 4.40. The van der Waals surface area contributed by atoms with Gasteiger partial charge in [-0.15, -0.1) is 0 Å². The standard InChI is InChI=1S/2C6H7N.C4H6O4/c2*1-6-2-4-7-5-3-6;5-3(6)1-2-4(7)8/h2*2-5H,1H3;1-2H2,(H,5,6)(H,7,8). The monoisotopic (exact) mass is 304 g/mol. The van der Waals surface area contributed by atoms with Crippen molar-refractivity contribution in [1.29, 1.82) is 0 Å². The Labute approximate surface area is 129 Å². The van der Waals surface area contributed by atoms with Crippen molar-refractivity contribution in [3.05, 3.63) is 60.2 Å². The van der Waals surface area contributed by atoms with Crippen LogP contribution in [0, 0.1) is 13.8 Å². The lowest BCUT2D eigenvalue weighted by molar-refractivity contribution is -0.378. The van der Waals surface area contributed by atoms with E-state index in [9.17, 15) is 19.8 Å². The molecule has 0 spiro atoms. The average Bonchev–Trinajstić information content (AvgIpc) is 2.48. The zero-order chi connectivity index (χ0) is 16.8. The minimum absolute atomic E-state index is 0.470. The maximum Gasteiger partial charge on any atom is 0.167 e. The zero-order valence-corrected chi connectivity index (χ0v) is 12.7. The van der Waals surface area contributed by atoms with Gasteiger partial charge in [0, 0.05) is 36.2 Å². The number of carboxylic acid groups (broad SMARTS) is 2. The second-order valence-electron chi connectivity index (χ2n) is 4.40. The maximum atomic E-state index is 9.50. The van der Waals surface area contributed by atoms with Gasteiger partial charge in [-0.3, -0.25) is 0 Å². The van der Waals surface area contributed by atoms with E-state index in [4.69, 9.17) is 0 Å². The number of hydrogen-bond donors (Lipinski definition) is 0. The molecule has 0 fully saturated rings. The molecule has 0 aliphatic carbocycles. The van der Waals surface area contributed by atoms with Crippen LogP contribution in [0.25, 0.3) is 0 Å². The molecule has 0 saturated carbocycles. The van der Waals surface area contributed by atoms with Gasteiger partial charge in [0.25, 0.3) is 0 Å². The van der Waals surface area contributed by atoms with E-state index >= 15 is 0 Å². The number of pyridine rings is 2. The molecule has 0 unspecified atom stereocenters. The van der Waals surface area contributed by atoms with Crippen molar-refractivity contribution in [2.75, 3.05) is 0 Å². The zero-order valence-electron chi connectivity index (χ0n) is 12.7. The van der Waals surface area contributed by atoms with Crippen LogP contribution in [0.5, 0.6) is 0 Å². The van der Waals surface area contributed by atoms with Crippen LogP contribution >= 0.6 is 0 Å². The van der Waals surface area contributed by atoms with Crippen LogP contribution in [-0.4, -0.2) is 11.9 Å². The smallest absolute Gasteiger partial charge is 0.167 e. The summed E-state index contributed by atoms with van der Waals surface area (Å²) in [6, 6.07) is 8.11. The van der Waals surface area contributed by atoms with Gasteiger partial charge in [-0.05, 0) is 37.8 Å². The quantitative estimate of drug-likeness (QED) is 0.715. The third-order valence-corrected chi connectivity index (χ3v) is 2.30.